The molecule has 0 saturated carbocycles. The van der Waals surface area contributed by atoms with Crippen molar-refractivity contribution >= 4 is 18.0 Å². The number of nitrogens with one attached hydrogen (secondary N) is 2. The van der Waals surface area contributed by atoms with Crippen LogP contribution in [-0.4, -0.2) is 42.3 Å². The van der Waals surface area contributed by atoms with Crippen LogP contribution in [0.1, 0.15) is 42.7 Å². The van der Waals surface area contributed by atoms with Crippen LogP contribution >= 0.6 is 0 Å². The topological polar surface area (TPSA) is 129 Å². The van der Waals surface area contributed by atoms with Crippen molar-refractivity contribution in [1.82, 2.24) is 10.6 Å². The van der Waals surface area contributed by atoms with Crippen molar-refractivity contribution in [3.8, 4) is 17.2 Å². The van der Waals surface area contributed by atoms with Gasteiger partial charge in [-0.2, -0.15) is 5.26 Å². The van der Waals surface area contributed by atoms with E-state index in [-0.39, 0.29) is 18.9 Å². The van der Waals surface area contributed by atoms with Gasteiger partial charge >= 0.3 is 12.1 Å². The molecule has 1 aliphatic carbocycles. The van der Waals surface area contributed by atoms with Gasteiger partial charge in [0, 0.05) is 12.3 Å². The van der Waals surface area contributed by atoms with Crippen LogP contribution in [0.2, 0.25) is 0 Å². The Kier molecular flexibility index (Phi) is 7.81. The van der Waals surface area contributed by atoms with Gasteiger partial charge in [-0.1, -0.05) is 48.5 Å². The number of hydrogen-bond acceptors (Lipinski definition) is 5. The standard InChI is InChI=1S/C24H25N3O5/c25-13-7-1-2-12-21(23(30)26-14-22(28)29)27-24(31)32-15-20-18-10-5-3-8-16(18)17-9-4-6-11-19(17)20/h3-6,8-11,20-21H,1-2,7,12,14-15H2,(H,26,30)(H,27,31)(H,28,29). The fraction of sp³-hybridized carbons (Fsp3) is 0.333. The lowest BCUT2D eigenvalue weighted by Gasteiger charge is -2.19. The number of carbonyl (C=O) groups is 3. The summed E-state index contributed by atoms with van der Waals surface area (Å²) in [5.74, 6) is -1.89. The van der Waals surface area contributed by atoms with Crippen molar-refractivity contribution in [2.24, 2.45) is 0 Å². The number of carbonyl (C=O) groups excluding carboxylic acids is 2. The molecule has 1 atom stereocenters. The van der Waals surface area contributed by atoms with Gasteiger partial charge in [-0.3, -0.25) is 9.59 Å². The highest BCUT2D eigenvalue weighted by atomic mass is 16.5. The minimum Gasteiger partial charge on any atom is -0.480 e. The summed E-state index contributed by atoms with van der Waals surface area (Å²) in [5.41, 5.74) is 4.38. The van der Waals surface area contributed by atoms with Gasteiger partial charge < -0.3 is 20.5 Å². The number of carboxylic acids is 1. The molecule has 0 aromatic heterocycles. The molecule has 32 heavy (non-hydrogen) atoms. The van der Waals surface area contributed by atoms with Gasteiger partial charge in [0.2, 0.25) is 5.91 Å². The van der Waals surface area contributed by atoms with Crippen LogP contribution in [0.25, 0.3) is 11.1 Å². The van der Waals surface area contributed by atoms with Gasteiger partial charge in [0.1, 0.15) is 19.2 Å². The molecular formula is C24H25N3O5. The molecule has 0 heterocycles. The third-order valence-corrected chi connectivity index (χ3v) is 5.40. The van der Waals surface area contributed by atoms with E-state index < -0.39 is 30.6 Å². The fourth-order valence-corrected chi connectivity index (χ4v) is 3.89. The van der Waals surface area contributed by atoms with E-state index >= 15 is 0 Å². The third-order valence-electron chi connectivity index (χ3n) is 5.40. The van der Waals surface area contributed by atoms with E-state index in [1.165, 1.54) is 0 Å². The van der Waals surface area contributed by atoms with Gasteiger partial charge in [0.15, 0.2) is 0 Å². The number of carboxylic acid groups (broad SMARTS) is 1. The maximum atomic E-state index is 12.5. The highest BCUT2D eigenvalue weighted by Gasteiger charge is 2.29. The van der Waals surface area contributed by atoms with E-state index in [1.807, 2.05) is 54.6 Å². The molecule has 2 amide bonds. The fourth-order valence-electron chi connectivity index (χ4n) is 3.89. The first-order chi connectivity index (χ1) is 15.5. The zero-order valence-electron chi connectivity index (χ0n) is 17.5. The minimum atomic E-state index is -1.18. The summed E-state index contributed by atoms with van der Waals surface area (Å²) in [5, 5.41) is 22.3. The predicted octanol–water partition coefficient (Wildman–Crippen LogP) is 3.18. The van der Waals surface area contributed by atoms with Crippen molar-refractivity contribution < 1.29 is 24.2 Å². The number of alkyl carbamates (subject to hydrolysis) is 1. The van der Waals surface area contributed by atoms with E-state index in [0.717, 1.165) is 22.3 Å². The molecule has 8 heteroatoms. The Labute approximate surface area is 186 Å². The van der Waals surface area contributed by atoms with Crippen LogP contribution in [0.5, 0.6) is 0 Å². The monoisotopic (exact) mass is 435 g/mol. The zero-order chi connectivity index (χ0) is 22.9. The lowest BCUT2D eigenvalue weighted by molar-refractivity contribution is -0.138. The van der Waals surface area contributed by atoms with Crippen LogP contribution in [-0.2, 0) is 14.3 Å². The summed E-state index contributed by atoms with van der Waals surface area (Å²) in [6.07, 6.45) is 0.974. The first-order valence-corrected chi connectivity index (χ1v) is 10.5. The van der Waals surface area contributed by atoms with Crippen molar-refractivity contribution in [3.05, 3.63) is 59.7 Å². The number of rotatable bonds is 10. The number of nitrogens with zero attached hydrogens (tertiary/aromatic N) is 1. The Hall–Kier alpha value is -3.86. The first-order valence-electron chi connectivity index (χ1n) is 10.5. The van der Waals surface area contributed by atoms with Gasteiger partial charge in [-0.15, -0.1) is 0 Å². The number of unbranched alkanes of at least 4 members (excludes halogenated alkanes) is 2. The number of ether oxygens (including phenoxy) is 1. The summed E-state index contributed by atoms with van der Waals surface area (Å²) in [4.78, 5) is 35.5. The maximum absolute atomic E-state index is 12.5. The predicted molar refractivity (Wildman–Crippen MR) is 117 cm³/mol. The summed E-state index contributed by atoms with van der Waals surface area (Å²) in [6, 6.07) is 17.0. The SMILES string of the molecule is N#CCCCCC(NC(=O)OCC1c2ccccc2-c2ccccc21)C(=O)NCC(=O)O. The molecule has 2 aromatic rings. The number of aliphatic carboxylic acids is 1. The van der Waals surface area contributed by atoms with Crippen LogP contribution in [0.3, 0.4) is 0 Å². The quantitative estimate of drug-likeness (QED) is 0.492. The van der Waals surface area contributed by atoms with Crippen molar-refractivity contribution in [3.63, 3.8) is 0 Å². The lowest BCUT2D eigenvalue weighted by Crippen LogP contribution is -2.48. The number of fused-ring (bicyclic) bond motifs is 3. The van der Waals surface area contributed by atoms with E-state index in [1.54, 1.807) is 0 Å². The van der Waals surface area contributed by atoms with E-state index in [0.29, 0.717) is 19.3 Å². The Balaban J connectivity index is 1.62. The third kappa shape index (κ3) is 5.64. The summed E-state index contributed by atoms with van der Waals surface area (Å²) >= 11 is 0. The van der Waals surface area contributed by atoms with Gasteiger partial charge in [-0.25, -0.2) is 4.79 Å². The molecule has 0 saturated heterocycles. The van der Waals surface area contributed by atoms with Crippen molar-refractivity contribution in [2.75, 3.05) is 13.2 Å². The molecule has 2 aromatic carbocycles. The number of amides is 2. The molecule has 166 valence electrons. The second-order valence-electron chi connectivity index (χ2n) is 7.54. The van der Waals surface area contributed by atoms with E-state index in [9.17, 15) is 14.4 Å². The van der Waals surface area contributed by atoms with E-state index in [2.05, 4.69) is 10.6 Å². The Bertz CT molecular complexity index is 985. The minimum absolute atomic E-state index is 0.108. The van der Waals surface area contributed by atoms with Crippen LogP contribution in [0.15, 0.2) is 48.5 Å². The molecule has 8 nitrogen and oxygen atoms in total. The van der Waals surface area contributed by atoms with Crippen LogP contribution in [0, 0.1) is 11.3 Å². The Morgan fingerprint density at radius 3 is 2.25 bits per heavy atom. The normalized spacial score (nSPS) is 12.7. The summed E-state index contributed by atoms with van der Waals surface area (Å²) < 4.78 is 5.47. The summed E-state index contributed by atoms with van der Waals surface area (Å²) in [7, 11) is 0. The van der Waals surface area contributed by atoms with Gasteiger partial charge in [0.25, 0.3) is 0 Å². The molecule has 1 unspecified atom stereocenters. The number of nitriles is 1. The van der Waals surface area contributed by atoms with Crippen LogP contribution < -0.4 is 10.6 Å². The largest absolute Gasteiger partial charge is 0.480 e. The molecule has 3 N–H and O–H groups in total. The van der Waals surface area contributed by atoms with Crippen molar-refractivity contribution in [1.29, 1.82) is 5.26 Å². The maximum Gasteiger partial charge on any atom is 0.407 e. The molecule has 0 bridgehead atoms. The highest BCUT2D eigenvalue weighted by Crippen LogP contribution is 2.44. The second kappa shape index (κ2) is 11.0. The lowest BCUT2D eigenvalue weighted by atomic mass is 9.98. The smallest absolute Gasteiger partial charge is 0.407 e. The molecule has 3 rings (SSSR count). The van der Waals surface area contributed by atoms with Crippen LogP contribution in [0.4, 0.5) is 4.79 Å². The van der Waals surface area contributed by atoms with Crippen molar-refractivity contribution in [2.45, 2.75) is 37.6 Å². The molecule has 0 aliphatic heterocycles. The number of hydrogen-bond donors (Lipinski definition) is 3. The second-order valence-corrected chi connectivity index (χ2v) is 7.54. The number of benzene rings is 2. The Morgan fingerprint density at radius 2 is 1.66 bits per heavy atom. The average Bonchev–Trinajstić information content (AvgIpc) is 3.12. The molecule has 1 aliphatic rings. The molecule has 0 spiro atoms. The zero-order valence-corrected chi connectivity index (χ0v) is 17.5. The first kappa shape index (κ1) is 22.8. The van der Waals surface area contributed by atoms with E-state index in [4.69, 9.17) is 15.1 Å². The van der Waals surface area contributed by atoms with Gasteiger partial charge in [0.05, 0.1) is 6.07 Å². The highest BCUT2D eigenvalue weighted by molar-refractivity contribution is 5.88. The summed E-state index contributed by atoms with van der Waals surface area (Å²) in [6.45, 7) is -0.433. The average molecular weight is 435 g/mol. The molecule has 0 radical (unpaired) electrons. The van der Waals surface area contributed by atoms with Gasteiger partial charge in [-0.05, 0) is 41.5 Å². The molecule has 0 fully saturated rings. The Morgan fingerprint density at radius 1 is 1.03 bits per heavy atom. The molecular weight excluding hydrogens is 410 g/mol.